The highest BCUT2D eigenvalue weighted by Crippen LogP contribution is 2.12. The Bertz CT molecular complexity index is 346. The van der Waals surface area contributed by atoms with Gasteiger partial charge in [0.2, 0.25) is 0 Å². The van der Waals surface area contributed by atoms with Gasteiger partial charge in [0, 0.05) is 13.1 Å². The molecule has 1 aromatic rings. The summed E-state index contributed by atoms with van der Waals surface area (Å²) in [6, 6.07) is 3.21. The van der Waals surface area contributed by atoms with E-state index in [4.69, 9.17) is 11.6 Å². The Morgan fingerprint density at radius 1 is 1.20 bits per heavy atom. The van der Waals surface area contributed by atoms with Gasteiger partial charge in [0.1, 0.15) is 0 Å². The SMILES string of the molecule is O=C(c1ccc(Cl)nn1)N1CCCCC1. The largest absolute Gasteiger partial charge is 0.337 e. The Kier molecular flexibility index (Phi) is 3.16. The zero-order valence-corrected chi connectivity index (χ0v) is 9.07. The summed E-state index contributed by atoms with van der Waals surface area (Å²) < 4.78 is 0. The standard InChI is InChI=1S/C10H12ClN3O/c11-9-5-4-8(12-13-9)10(15)14-6-2-1-3-7-14/h4-5H,1-3,6-7H2. The molecule has 1 fully saturated rings. The minimum absolute atomic E-state index is 0.0427. The number of carbonyl (C=O) groups excluding carboxylic acids is 1. The molecule has 1 aliphatic rings. The first-order chi connectivity index (χ1) is 7.27. The van der Waals surface area contributed by atoms with Gasteiger partial charge < -0.3 is 4.90 Å². The molecular formula is C10H12ClN3O. The minimum atomic E-state index is -0.0427. The van der Waals surface area contributed by atoms with Crippen molar-refractivity contribution < 1.29 is 4.79 Å². The fraction of sp³-hybridized carbons (Fsp3) is 0.500. The number of carbonyl (C=O) groups is 1. The molecule has 5 heteroatoms. The summed E-state index contributed by atoms with van der Waals surface area (Å²) in [7, 11) is 0. The molecule has 4 nitrogen and oxygen atoms in total. The van der Waals surface area contributed by atoms with Crippen molar-refractivity contribution in [2.45, 2.75) is 19.3 Å². The van der Waals surface area contributed by atoms with Gasteiger partial charge in [0.25, 0.3) is 5.91 Å². The second kappa shape index (κ2) is 4.57. The molecule has 0 aromatic carbocycles. The van der Waals surface area contributed by atoms with E-state index in [9.17, 15) is 4.79 Å². The van der Waals surface area contributed by atoms with E-state index in [1.165, 1.54) is 6.42 Å². The first-order valence-electron chi connectivity index (χ1n) is 5.06. The average molecular weight is 226 g/mol. The van der Waals surface area contributed by atoms with Crippen LogP contribution in [0.4, 0.5) is 0 Å². The van der Waals surface area contributed by atoms with E-state index < -0.39 is 0 Å². The van der Waals surface area contributed by atoms with Gasteiger partial charge in [-0.1, -0.05) is 11.6 Å². The summed E-state index contributed by atoms with van der Waals surface area (Å²) in [6.45, 7) is 1.65. The fourth-order valence-electron chi connectivity index (χ4n) is 1.69. The van der Waals surface area contributed by atoms with Crippen LogP contribution in [0.5, 0.6) is 0 Å². The van der Waals surface area contributed by atoms with Gasteiger partial charge in [-0.05, 0) is 31.4 Å². The third-order valence-corrected chi connectivity index (χ3v) is 2.70. The Hall–Kier alpha value is -1.16. The molecule has 0 bridgehead atoms. The monoisotopic (exact) mass is 225 g/mol. The van der Waals surface area contributed by atoms with Crippen molar-refractivity contribution in [3.8, 4) is 0 Å². The number of hydrogen-bond acceptors (Lipinski definition) is 3. The van der Waals surface area contributed by atoms with Crippen molar-refractivity contribution >= 4 is 17.5 Å². The summed E-state index contributed by atoms with van der Waals surface area (Å²) in [6.07, 6.45) is 3.36. The minimum Gasteiger partial charge on any atom is -0.337 e. The molecule has 1 aliphatic heterocycles. The lowest BCUT2D eigenvalue weighted by Gasteiger charge is -2.26. The molecule has 1 saturated heterocycles. The second-order valence-corrected chi connectivity index (χ2v) is 3.98. The van der Waals surface area contributed by atoms with Crippen molar-refractivity contribution in [1.82, 2.24) is 15.1 Å². The lowest BCUT2D eigenvalue weighted by Crippen LogP contribution is -2.36. The van der Waals surface area contributed by atoms with Crippen LogP contribution in [-0.4, -0.2) is 34.1 Å². The maximum atomic E-state index is 11.9. The molecule has 2 rings (SSSR count). The van der Waals surface area contributed by atoms with Crippen LogP contribution in [0.3, 0.4) is 0 Å². The number of piperidine rings is 1. The van der Waals surface area contributed by atoms with Crippen molar-refractivity contribution in [3.63, 3.8) is 0 Å². The molecule has 2 heterocycles. The summed E-state index contributed by atoms with van der Waals surface area (Å²) in [5.41, 5.74) is 0.376. The Labute approximate surface area is 93.2 Å². The van der Waals surface area contributed by atoms with Gasteiger partial charge in [0.05, 0.1) is 0 Å². The zero-order valence-electron chi connectivity index (χ0n) is 8.32. The third-order valence-electron chi connectivity index (χ3n) is 2.49. The predicted molar refractivity (Wildman–Crippen MR) is 56.8 cm³/mol. The molecular weight excluding hydrogens is 214 g/mol. The van der Waals surface area contributed by atoms with E-state index in [-0.39, 0.29) is 5.91 Å². The number of aromatic nitrogens is 2. The lowest BCUT2D eigenvalue weighted by atomic mass is 10.1. The molecule has 0 spiro atoms. The number of likely N-dealkylation sites (tertiary alicyclic amines) is 1. The van der Waals surface area contributed by atoms with Crippen LogP contribution in [0.2, 0.25) is 5.15 Å². The Morgan fingerprint density at radius 3 is 2.53 bits per heavy atom. The molecule has 80 valence electrons. The normalized spacial score (nSPS) is 16.5. The van der Waals surface area contributed by atoms with Gasteiger partial charge in [-0.25, -0.2) is 0 Å². The van der Waals surface area contributed by atoms with Crippen molar-refractivity contribution in [1.29, 1.82) is 0 Å². The van der Waals surface area contributed by atoms with Crippen molar-refractivity contribution in [3.05, 3.63) is 23.0 Å². The lowest BCUT2D eigenvalue weighted by molar-refractivity contribution is 0.0717. The molecule has 0 N–H and O–H groups in total. The summed E-state index contributed by atoms with van der Waals surface area (Å²) in [5.74, 6) is -0.0427. The van der Waals surface area contributed by atoms with E-state index in [1.807, 2.05) is 4.90 Å². The number of rotatable bonds is 1. The van der Waals surface area contributed by atoms with Crippen molar-refractivity contribution in [2.75, 3.05) is 13.1 Å². The molecule has 1 amide bonds. The van der Waals surface area contributed by atoms with Gasteiger partial charge in [-0.2, -0.15) is 0 Å². The van der Waals surface area contributed by atoms with Crippen LogP contribution in [0.25, 0.3) is 0 Å². The average Bonchev–Trinajstić information content (AvgIpc) is 2.30. The van der Waals surface area contributed by atoms with Crippen molar-refractivity contribution in [2.24, 2.45) is 0 Å². The topological polar surface area (TPSA) is 46.1 Å². The third kappa shape index (κ3) is 2.45. The maximum Gasteiger partial charge on any atom is 0.274 e. The van der Waals surface area contributed by atoms with Crippen LogP contribution in [0, 0.1) is 0 Å². The van der Waals surface area contributed by atoms with Crippen LogP contribution < -0.4 is 0 Å². The quantitative estimate of drug-likeness (QED) is 0.732. The predicted octanol–water partition coefficient (Wildman–Crippen LogP) is 1.76. The van der Waals surface area contributed by atoms with Gasteiger partial charge >= 0.3 is 0 Å². The highest BCUT2D eigenvalue weighted by Gasteiger charge is 2.19. The van der Waals surface area contributed by atoms with Crippen LogP contribution >= 0.6 is 11.6 Å². The molecule has 0 atom stereocenters. The van der Waals surface area contributed by atoms with Gasteiger partial charge in [-0.15, -0.1) is 10.2 Å². The number of nitrogens with zero attached hydrogens (tertiary/aromatic N) is 3. The van der Waals surface area contributed by atoms with E-state index in [0.29, 0.717) is 10.8 Å². The fourth-order valence-corrected chi connectivity index (χ4v) is 1.79. The van der Waals surface area contributed by atoms with Crippen LogP contribution in [0.15, 0.2) is 12.1 Å². The number of halogens is 1. The second-order valence-electron chi connectivity index (χ2n) is 3.59. The molecule has 1 aromatic heterocycles. The number of amides is 1. The molecule has 15 heavy (non-hydrogen) atoms. The van der Waals surface area contributed by atoms with Gasteiger partial charge in [0.15, 0.2) is 10.8 Å². The molecule has 0 aliphatic carbocycles. The molecule has 0 unspecified atom stereocenters. The summed E-state index contributed by atoms with van der Waals surface area (Å²) in [4.78, 5) is 13.7. The smallest absolute Gasteiger partial charge is 0.274 e. The van der Waals surface area contributed by atoms with E-state index in [1.54, 1.807) is 12.1 Å². The first kappa shape index (κ1) is 10.4. The number of hydrogen-bond donors (Lipinski definition) is 0. The summed E-state index contributed by atoms with van der Waals surface area (Å²) in [5, 5.41) is 7.75. The highest BCUT2D eigenvalue weighted by atomic mass is 35.5. The summed E-state index contributed by atoms with van der Waals surface area (Å²) >= 11 is 5.60. The van der Waals surface area contributed by atoms with E-state index in [2.05, 4.69) is 10.2 Å². The first-order valence-corrected chi connectivity index (χ1v) is 5.44. The van der Waals surface area contributed by atoms with Gasteiger partial charge in [-0.3, -0.25) is 4.79 Å². The maximum absolute atomic E-state index is 11.9. The highest BCUT2D eigenvalue weighted by molar-refractivity contribution is 6.29. The van der Waals surface area contributed by atoms with E-state index >= 15 is 0 Å². The Balaban J connectivity index is 2.09. The molecule has 0 saturated carbocycles. The Morgan fingerprint density at radius 2 is 1.93 bits per heavy atom. The zero-order chi connectivity index (χ0) is 10.7. The van der Waals surface area contributed by atoms with Crippen LogP contribution in [0.1, 0.15) is 29.8 Å². The molecule has 0 radical (unpaired) electrons. The van der Waals surface area contributed by atoms with E-state index in [0.717, 1.165) is 25.9 Å². The van der Waals surface area contributed by atoms with Crippen LogP contribution in [-0.2, 0) is 0 Å².